The second-order valence-corrected chi connectivity index (χ2v) is 7.03. The quantitative estimate of drug-likeness (QED) is 0.626. The Balaban J connectivity index is 1.87. The zero-order valence-corrected chi connectivity index (χ0v) is 15.7. The Morgan fingerprint density at radius 3 is 2.33 bits per heavy atom. The van der Waals surface area contributed by atoms with Gasteiger partial charge in [0, 0.05) is 16.1 Å². The molecule has 27 heavy (non-hydrogen) atoms. The number of fused-ring (bicyclic) bond motifs is 1. The summed E-state index contributed by atoms with van der Waals surface area (Å²) < 4.78 is 0. The molecule has 1 unspecified atom stereocenters. The Kier molecular flexibility index (Phi) is 4.78. The maximum Gasteiger partial charge on any atom is 0.251 e. The smallest absolute Gasteiger partial charge is 0.251 e. The second kappa shape index (κ2) is 7.37. The molecule has 1 atom stereocenters. The van der Waals surface area contributed by atoms with Gasteiger partial charge in [0.15, 0.2) is 0 Å². The topological polar surface area (TPSA) is 32.7 Å². The van der Waals surface area contributed by atoms with Gasteiger partial charge in [-0.3, -0.25) is 9.79 Å². The molecule has 0 spiro atoms. The summed E-state index contributed by atoms with van der Waals surface area (Å²) in [6.45, 7) is 2.34. The van der Waals surface area contributed by atoms with Crippen molar-refractivity contribution in [3.63, 3.8) is 0 Å². The summed E-state index contributed by atoms with van der Waals surface area (Å²) in [7, 11) is 0. The third kappa shape index (κ3) is 3.51. The summed E-state index contributed by atoms with van der Waals surface area (Å²) in [5.41, 5.74) is 4.55. The molecule has 1 amide bonds. The molecule has 3 nitrogen and oxygen atoms in total. The Bertz CT molecular complexity index is 999. The summed E-state index contributed by atoms with van der Waals surface area (Å²) in [5, 5.41) is 0.624. The van der Waals surface area contributed by atoms with Crippen molar-refractivity contribution >= 4 is 28.9 Å². The van der Waals surface area contributed by atoms with Crippen LogP contribution in [0.25, 0.3) is 0 Å². The van der Waals surface area contributed by atoms with Gasteiger partial charge in [-0.15, -0.1) is 0 Å². The van der Waals surface area contributed by atoms with Crippen molar-refractivity contribution in [1.82, 2.24) is 0 Å². The molecule has 0 saturated heterocycles. The van der Waals surface area contributed by atoms with E-state index in [1.807, 2.05) is 90.7 Å². The minimum atomic E-state index is -0.477. The number of anilines is 1. The number of halogens is 1. The van der Waals surface area contributed by atoms with Gasteiger partial charge in [-0.1, -0.05) is 72.3 Å². The molecule has 1 heterocycles. The monoisotopic (exact) mass is 374 g/mol. The maximum atomic E-state index is 13.2. The summed E-state index contributed by atoms with van der Waals surface area (Å²) in [5.74, 6) is -0.0200. The standard InChI is InChI=1S/C23H19ClN2O/c1-16-23(27)26(15-17-8-4-2-5-9-17)21-13-12-19(24)14-20(21)22(25-16)18-10-6-3-7-11-18/h2-14,16H,15H2,1H3. The highest BCUT2D eigenvalue weighted by Crippen LogP contribution is 2.32. The molecule has 0 aliphatic carbocycles. The van der Waals surface area contributed by atoms with Crippen LogP contribution in [0.3, 0.4) is 0 Å². The third-order valence-electron chi connectivity index (χ3n) is 4.68. The van der Waals surface area contributed by atoms with Crippen molar-refractivity contribution in [3.8, 4) is 0 Å². The van der Waals surface area contributed by atoms with E-state index in [4.69, 9.17) is 16.6 Å². The number of carbonyl (C=O) groups is 1. The molecule has 0 N–H and O–H groups in total. The Morgan fingerprint density at radius 2 is 1.63 bits per heavy atom. The van der Waals surface area contributed by atoms with E-state index in [9.17, 15) is 4.79 Å². The summed E-state index contributed by atoms with van der Waals surface area (Å²) in [4.78, 5) is 19.7. The van der Waals surface area contributed by atoms with E-state index < -0.39 is 6.04 Å². The molecule has 0 saturated carbocycles. The highest BCUT2D eigenvalue weighted by Gasteiger charge is 2.29. The van der Waals surface area contributed by atoms with E-state index in [-0.39, 0.29) is 5.91 Å². The molecule has 0 bridgehead atoms. The fraction of sp³-hybridized carbons (Fsp3) is 0.130. The van der Waals surface area contributed by atoms with Gasteiger partial charge in [-0.25, -0.2) is 0 Å². The molecule has 3 aromatic carbocycles. The van der Waals surface area contributed by atoms with E-state index in [2.05, 4.69) is 0 Å². The third-order valence-corrected chi connectivity index (χ3v) is 4.92. The lowest BCUT2D eigenvalue weighted by molar-refractivity contribution is -0.119. The number of aliphatic imine (C=N–C) groups is 1. The number of benzene rings is 3. The molecule has 4 heteroatoms. The SMILES string of the molecule is CC1N=C(c2ccccc2)c2cc(Cl)ccc2N(Cc2ccccc2)C1=O. The summed E-state index contributed by atoms with van der Waals surface area (Å²) in [6, 6.07) is 25.1. The molecule has 134 valence electrons. The number of benzodiazepines with no additional fused rings is 1. The molecule has 3 aromatic rings. The van der Waals surface area contributed by atoms with Crippen molar-refractivity contribution in [2.24, 2.45) is 4.99 Å². The van der Waals surface area contributed by atoms with Gasteiger partial charge in [-0.2, -0.15) is 0 Å². The fourth-order valence-electron chi connectivity index (χ4n) is 3.35. The molecular weight excluding hydrogens is 356 g/mol. The number of nitrogens with zero attached hydrogens (tertiary/aromatic N) is 2. The first-order chi connectivity index (χ1) is 13.1. The van der Waals surface area contributed by atoms with Crippen molar-refractivity contribution in [2.75, 3.05) is 4.90 Å². The first-order valence-corrected chi connectivity index (χ1v) is 9.30. The van der Waals surface area contributed by atoms with Crippen LogP contribution in [0.15, 0.2) is 83.9 Å². The largest absolute Gasteiger partial charge is 0.305 e. The summed E-state index contributed by atoms with van der Waals surface area (Å²) in [6.07, 6.45) is 0. The lowest BCUT2D eigenvalue weighted by Crippen LogP contribution is -2.36. The fourth-order valence-corrected chi connectivity index (χ4v) is 3.52. The zero-order chi connectivity index (χ0) is 18.8. The van der Waals surface area contributed by atoms with E-state index in [0.717, 1.165) is 28.1 Å². The summed E-state index contributed by atoms with van der Waals surface area (Å²) >= 11 is 6.30. The second-order valence-electron chi connectivity index (χ2n) is 6.59. The lowest BCUT2D eigenvalue weighted by Gasteiger charge is -2.24. The number of amides is 1. The first-order valence-electron chi connectivity index (χ1n) is 8.92. The highest BCUT2D eigenvalue weighted by molar-refractivity contribution is 6.32. The maximum absolute atomic E-state index is 13.2. The van der Waals surface area contributed by atoms with Crippen LogP contribution in [0, 0.1) is 0 Å². The molecule has 0 aromatic heterocycles. The molecular formula is C23H19ClN2O. The molecule has 1 aliphatic heterocycles. The lowest BCUT2D eigenvalue weighted by atomic mass is 10.00. The van der Waals surface area contributed by atoms with Crippen molar-refractivity contribution < 1.29 is 4.79 Å². The van der Waals surface area contributed by atoms with Crippen LogP contribution in [0.4, 0.5) is 5.69 Å². The van der Waals surface area contributed by atoms with Crippen LogP contribution >= 0.6 is 11.6 Å². The van der Waals surface area contributed by atoms with Gasteiger partial charge in [0.2, 0.25) is 0 Å². The number of carbonyl (C=O) groups excluding carboxylic acids is 1. The molecule has 1 aliphatic rings. The first kappa shape index (κ1) is 17.5. The predicted octanol–water partition coefficient (Wildman–Crippen LogP) is 5.11. The van der Waals surface area contributed by atoms with E-state index in [1.54, 1.807) is 0 Å². The minimum Gasteiger partial charge on any atom is -0.305 e. The average Bonchev–Trinajstić information content (AvgIpc) is 2.80. The Morgan fingerprint density at radius 1 is 0.963 bits per heavy atom. The van der Waals surface area contributed by atoms with Crippen LogP contribution in [-0.4, -0.2) is 17.7 Å². The van der Waals surface area contributed by atoms with Crippen molar-refractivity contribution in [1.29, 1.82) is 0 Å². The number of hydrogen-bond acceptors (Lipinski definition) is 2. The molecule has 0 fully saturated rings. The zero-order valence-electron chi connectivity index (χ0n) is 15.0. The number of rotatable bonds is 3. The van der Waals surface area contributed by atoms with Gasteiger partial charge in [0.1, 0.15) is 6.04 Å². The van der Waals surface area contributed by atoms with Crippen molar-refractivity contribution in [2.45, 2.75) is 19.5 Å². The normalized spacial score (nSPS) is 16.5. The van der Waals surface area contributed by atoms with Crippen LogP contribution < -0.4 is 4.90 Å². The van der Waals surface area contributed by atoms with Crippen LogP contribution in [-0.2, 0) is 11.3 Å². The van der Waals surface area contributed by atoms with Crippen molar-refractivity contribution in [3.05, 3.63) is 101 Å². The van der Waals surface area contributed by atoms with Gasteiger partial charge < -0.3 is 4.90 Å². The van der Waals surface area contributed by atoms with E-state index >= 15 is 0 Å². The average molecular weight is 375 g/mol. The number of hydrogen-bond donors (Lipinski definition) is 0. The van der Waals surface area contributed by atoms with E-state index in [0.29, 0.717) is 11.6 Å². The van der Waals surface area contributed by atoms with Crippen LogP contribution in [0.5, 0.6) is 0 Å². The Hall–Kier alpha value is -2.91. The Labute approximate surface area is 163 Å². The van der Waals surface area contributed by atoms with Gasteiger partial charge in [0.05, 0.1) is 17.9 Å². The van der Waals surface area contributed by atoms with Gasteiger partial charge in [0.25, 0.3) is 5.91 Å². The highest BCUT2D eigenvalue weighted by atomic mass is 35.5. The van der Waals surface area contributed by atoms with Crippen LogP contribution in [0.1, 0.15) is 23.6 Å². The van der Waals surface area contributed by atoms with Gasteiger partial charge in [-0.05, 0) is 30.7 Å². The van der Waals surface area contributed by atoms with Gasteiger partial charge >= 0.3 is 0 Å². The van der Waals surface area contributed by atoms with Crippen LogP contribution in [0.2, 0.25) is 5.02 Å². The minimum absolute atomic E-state index is 0.0200. The predicted molar refractivity (Wildman–Crippen MR) is 111 cm³/mol. The molecule has 0 radical (unpaired) electrons. The van der Waals surface area contributed by atoms with E-state index in [1.165, 1.54) is 0 Å². The molecule has 4 rings (SSSR count).